The van der Waals surface area contributed by atoms with E-state index >= 15 is 0 Å². The van der Waals surface area contributed by atoms with Gasteiger partial charge in [0.25, 0.3) is 5.91 Å². The third-order valence-corrected chi connectivity index (χ3v) is 6.45. The molecule has 0 spiro atoms. The molecule has 3 atom stereocenters. The van der Waals surface area contributed by atoms with Crippen LogP contribution in [0.5, 0.6) is 0 Å². The Hall–Kier alpha value is -1.95. The lowest BCUT2D eigenvalue weighted by Crippen LogP contribution is -2.39. The van der Waals surface area contributed by atoms with E-state index in [1.807, 2.05) is 18.2 Å². The molecule has 0 saturated heterocycles. The van der Waals surface area contributed by atoms with Gasteiger partial charge in [-0.2, -0.15) is 0 Å². The highest BCUT2D eigenvalue weighted by Crippen LogP contribution is 2.41. The first-order chi connectivity index (χ1) is 12.6. The van der Waals surface area contributed by atoms with Gasteiger partial charge in [0.05, 0.1) is 21.1 Å². The Morgan fingerprint density at radius 1 is 1.19 bits per heavy atom. The topological polar surface area (TPSA) is 68.3 Å². The number of carbonyl (C=O) groups excluding carboxylic acids is 2. The van der Waals surface area contributed by atoms with E-state index in [1.54, 1.807) is 18.3 Å². The highest BCUT2D eigenvalue weighted by atomic mass is 32.1. The first-order valence-electron chi connectivity index (χ1n) is 9.48. The maximum absolute atomic E-state index is 12.8. The van der Waals surface area contributed by atoms with Crippen molar-refractivity contribution in [1.82, 2.24) is 10.3 Å². The number of rotatable bonds is 5. The average Bonchev–Trinajstić information content (AvgIpc) is 3.36. The second-order valence-electron chi connectivity index (χ2n) is 7.38. The first kappa shape index (κ1) is 17.5. The van der Waals surface area contributed by atoms with Crippen LogP contribution in [0.4, 0.5) is 0 Å². The van der Waals surface area contributed by atoms with Crippen molar-refractivity contribution in [3.8, 4) is 0 Å². The third kappa shape index (κ3) is 3.75. The number of carbonyl (C=O) groups is 2. The van der Waals surface area contributed by atoms with Gasteiger partial charge in [-0.1, -0.05) is 25.0 Å². The Morgan fingerprint density at radius 2 is 1.96 bits per heavy atom. The fourth-order valence-corrected chi connectivity index (χ4v) is 4.79. The minimum Gasteiger partial charge on any atom is -0.452 e. The molecule has 1 amide bonds. The van der Waals surface area contributed by atoms with Crippen molar-refractivity contribution in [3.05, 3.63) is 29.3 Å². The van der Waals surface area contributed by atoms with Crippen LogP contribution in [0.15, 0.2) is 24.3 Å². The molecule has 4 rings (SSSR count). The number of hydrogen-bond acceptors (Lipinski definition) is 5. The number of thiazole rings is 1. The third-order valence-electron chi connectivity index (χ3n) is 5.28. The van der Waals surface area contributed by atoms with Crippen molar-refractivity contribution in [2.24, 2.45) is 5.92 Å². The Balaban J connectivity index is 1.47. The standard InChI is InChI=1S/C20H24N2O3S/c1-12(18(23)21-13-10-11-13)25-20(24)15-7-3-2-6-14(15)19-22-16-8-4-5-9-17(16)26-19/h4-5,8-9,12-15H,2-3,6-7,10-11H2,1H3,(H,21,23)/t12-,14-,15+/m0/s1. The second-order valence-corrected chi connectivity index (χ2v) is 8.44. The molecule has 0 unspecified atom stereocenters. The summed E-state index contributed by atoms with van der Waals surface area (Å²) in [5, 5.41) is 3.91. The van der Waals surface area contributed by atoms with Gasteiger partial charge in [0.15, 0.2) is 6.10 Å². The molecule has 5 nitrogen and oxygen atoms in total. The number of para-hydroxylation sites is 1. The molecule has 26 heavy (non-hydrogen) atoms. The number of fused-ring (bicyclic) bond motifs is 1. The number of amides is 1. The van der Waals surface area contributed by atoms with Crippen LogP contribution in [-0.4, -0.2) is 29.0 Å². The van der Waals surface area contributed by atoms with Gasteiger partial charge in [-0.05, 0) is 44.7 Å². The van der Waals surface area contributed by atoms with Crippen LogP contribution in [0, 0.1) is 5.92 Å². The molecule has 0 bridgehead atoms. The minimum absolute atomic E-state index is 0.0901. The molecule has 138 valence electrons. The van der Waals surface area contributed by atoms with E-state index in [4.69, 9.17) is 9.72 Å². The van der Waals surface area contributed by atoms with Gasteiger partial charge in [0, 0.05) is 12.0 Å². The summed E-state index contributed by atoms with van der Waals surface area (Å²) in [6.45, 7) is 1.66. The number of nitrogens with one attached hydrogen (secondary N) is 1. The number of aromatic nitrogens is 1. The van der Waals surface area contributed by atoms with E-state index in [9.17, 15) is 9.59 Å². The van der Waals surface area contributed by atoms with E-state index in [2.05, 4.69) is 11.4 Å². The highest BCUT2D eigenvalue weighted by molar-refractivity contribution is 7.18. The Bertz CT molecular complexity index is 781. The maximum Gasteiger partial charge on any atom is 0.310 e. The molecule has 0 radical (unpaired) electrons. The minimum atomic E-state index is -0.735. The van der Waals surface area contributed by atoms with Crippen molar-refractivity contribution in [2.45, 2.75) is 63.5 Å². The van der Waals surface area contributed by atoms with Crippen molar-refractivity contribution in [2.75, 3.05) is 0 Å². The molecule has 1 aromatic carbocycles. The molecule has 2 aliphatic rings. The van der Waals surface area contributed by atoms with Crippen LogP contribution in [-0.2, 0) is 14.3 Å². The maximum atomic E-state index is 12.8. The fraction of sp³-hybridized carbons (Fsp3) is 0.550. The summed E-state index contributed by atoms with van der Waals surface area (Å²) in [7, 11) is 0. The van der Waals surface area contributed by atoms with Crippen LogP contribution in [0.25, 0.3) is 10.2 Å². The van der Waals surface area contributed by atoms with E-state index < -0.39 is 6.10 Å². The van der Waals surface area contributed by atoms with Crippen molar-refractivity contribution < 1.29 is 14.3 Å². The lowest BCUT2D eigenvalue weighted by atomic mass is 9.79. The summed E-state index contributed by atoms with van der Waals surface area (Å²) in [6.07, 6.45) is 5.18. The second kappa shape index (κ2) is 7.35. The van der Waals surface area contributed by atoms with Crippen LogP contribution in [0.3, 0.4) is 0 Å². The number of esters is 1. The van der Waals surface area contributed by atoms with Crippen molar-refractivity contribution >= 4 is 33.4 Å². The van der Waals surface area contributed by atoms with E-state index in [0.29, 0.717) is 0 Å². The fourth-order valence-electron chi connectivity index (χ4n) is 3.62. The zero-order valence-corrected chi connectivity index (χ0v) is 15.8. The van der Waals surface area contributed by atoms with Gasteiger partial charge < -0.3 is 10.1 Å². The molecule has 1 heterocycles. The van der Waals surface area contributed by atoms with Gasteiger partial charge >= 0.3 is 5.97 Å². The molecule has 1 N–H and O–H groups in total. The summed E-state index contributed by atoms with van der Waals surface area (Å²) in [5.41, 5.74) is 0.988. The number of ether oxygens (including phenoxy) is 1. The molecule has 2 aromatic rings. The number of benzene rings is 1. The van der Waals surface area contributed by atoms with E-state index in [1.165, 1.54) is 0 Å². The van der Waals surface area contributed by atoms with Gasteiger partial charge in [0.1, 0.15) is 0 Å². The Morgan fingerprint density at radius 3 is 2.73 bits per heavy atom. The predicted octanol–water partition coefficient (Wildman–Crippen LogP) is 3.78. The predicted molar refractivity (Wildman–Crippen MR) is 101 cm³/mol. The molecule has 0 aliphatic heterocycles. The normalized spacial score (nSPS) is 24.2. The molecular formula is C20H24N2O3S. The zero-order chi connectivity index (χ0) is 18.1. The van der Waals surface area contributed by atoms with E-state index in [0.717, 1.165) is 53.7 Å². The van der Waals surface area contributed by atoms with Crippen LogP contribution < -0.4 is 5.32 Å². The van der Waals surface area contributed by atoms with E-state index in [-0.39, 0.29) is 29.8 Å². The lowest BCUT2D eigenvalue weighted by molar-refractivity contribution is -0.160. The lowest BCUT2D eigenvalue weighted by Gasteiger charge is -2.29. The van der Waals surface area contributed by atoms with Crippen molar-refractivity contribution in [1.29, 1.82) is 0 Å². The number of hydrogen-bond donors (Lipinski definition) is 1. The molecule has 6 heteroatoms. The SMILES string of the molecule is C[C@H](OC(=O)[C@@H]1CCCC[C@@H]1c1nc2ccccc2s1)C(=O)NC1CC1. The summed E-state index contributed by atoms with van der Waals surface area (Å²) in [4.78, 5) is 29.6. The summed E-state index contributed by atoms with van der Waals surface area (Å²) in [6, 6.07) is 8.34. The number of nitrogens with zero attached hydrogens (tertiary/aromatic N) is 1. The molecule has 2 aliphatic carbocycles. The first-order valence-corrected chi connectivity index (χ1v) is 10.3. The smallest absolute Gasteiger partial charge is 0.310 e. The molecule has 2 saturated carbocycles. The summed E-state index contributed by atoms with van der Waals surface area (Å²) >= 11 is 1.67. The van der Waals surface area contributed by atoms with Gasteiger partial charge in [-0.25, -0.2) is 4.98 Å². The highest BCUT2D eigenvalue weighted by Gasteiger charge is 2.37. The monoisotopic (exact) mass is 372 g/mol. The largest absolute Gasteiger partial charge is 0.452 e. The van der Waals surface area contributed by atoms with Crippen LogP contribution in [0.1, 0.15) is 56.4 Å². The van der Waals surface area contributed by atoms with Gasteiger partial charge in [-0.15, -0.1) is 11.3 Å². The quantitative estimate of drug-likeness (QED) is 0.811. The summed E-state index contributed by atoms with van der Waals surface area (Å²) < 4.78 is 6.68. The molecule has 2 fully saturated rings. The molecule has 1 aromatic heterocycles. The average molecular weight is 372 g/mol. The zero-order valence-electron chi connectivity index (χ0n) is 14.9. The van der Waals surface area contributed by atoms with Crippen LogP contribution in [0.2, 0.25) is 0 Å². The summed E-state index contributed by atoms with van der Waals surface area (Å²) in [5.74, 6) is -0.562. The Labute approximate surface area is 157 Å². The van der Waals surface area contributed by atoms with Gasteiger partial charge in [0.2, 0.25) is 0 Å². The Kier molecular flexibility index (Phi) is 4.94. The molecular weight excluding hydrogens is 348 g/mol. The van der Waals surface area contributed by atoms with Crippen LogP contribution >= 0.6 is 11.3 Å². The van der Waals surface area contributed by atoms with Crippen molar-refractivity contribution in [3.63, 3.8) is 0 Å². The van der Waals surface area contributed by atoms with Gasteiger partial charge in [-0.3, -0.25) is 9.59 Å².